The summed E-state index contributed by atoms with van der Waals surface area (Å²) in [6.45, 7) is 10.2. The molecule has 2 atom stereocenters. The Morgan fingerprint density at radius 2 is 1.90 bits per heavy atom. The molecule has 0 aromatic heterocycles. The zero-order valence-electron chi connectivity index (χ0n) is 13.4. The molecular weight excluding hydrogens is 284 g/mol. The summed E-state index contributed by atoms with van der Waals surface area (Å²) in [5, 5.41) is 3.25. The van der Waals surface area contributed by atoms with Crippen molar-refractivity contribution in [2.75, 3.05) is 13.1 Å². The first-order chi connectivity index (χ1) is 9.85. The predicted octanol–water partition coefficient (Wildman–Crippen LogP) is 2.35. The zero-order valence-corrected chi connectivity index (χ0v) is 14.2. The van der Waals surface area contributed by atoms with Gasteiger partial charge < -0.3 is 5.32 Å². The Morgan fingerprint density at radius 1 is 1.24 bits per heavy atom. The van der Waals surface area contributed by atoms with E-state index in [0.29, 0.717) is 29.8 Å². The molecule has 118 valence electrons. The number of aryl methyl sites for hydroxylation is 2. The van der Waals surface area contributed by atoms with Gasteiger partial charge in [0.2, 0.25) is 10.0 Å². The van der Waals surface area contributed by atoms with Crippen molar-refractivity contribution in [2.24, 2.45) is 11.8 Å². The second kappa shape index (κ2) is 6.46. The number of hydrogen-bond donors (Lipinski definition) is 2. The minimum absolute atomic E-state index is 0.411. The topological polar surface area (TPSA) is 58.2 Å². The van der Waals surface area contributed by atoms with E-state index in [1.54, 1.807) is 0 Å². The zero-order chi connectivity index (χ0) is 15.6. The molecule has 0 aliphatic heterocycles. The van der Waals surface area contributed by atoms with E-state index in [9.17, 15) is 8.42 Å². The Balaban J connectivity index is 2.20. The molecule has 1 aromatic carbocycles. The summed E-state index contributed by atoms with van der Waals surface area (Å²) in [6, 6.07) is 3.77. The van der Waals surface area contributed by atoms with Crippen LogP contribution in [0.4, 0.5) is 0 Å². The van der Waals surface area contributed by atoms with Crippen LogP contribution in [0.1, 0.15) is 37.0 Å². The van der Waals surface area contributed by atoms with E-state index in [4.69, 9.17) is 0 Å². The first kappa shape index (κ1) is 16.5. The van der Waals surface area contributed by atoms with Gasteiger partial charge in [0, 0.05) is 13.1 Å². The largest absolute Gasteiger partial charge is 0.313 e. The highest BCUT2D eigenvalue weighted by molar-refractivity contribution is 7.89. The molecule has 1 aliphatic carbocycles. The van der Waals surface area contributed by atoms with Crippen LogP contribution >= 0.6 is 0 Å². The lowest BCUT2D eigenvalue weighted by Gasteiger charge is -2.14. The molecule has 1 fully saturated rings. The maximum atomic E-state index is 12.5. The fourth-order valence-corrected chi connectivity index (χ4v) is 3.96. The van der Waals surface area contributed by atoms with Crippen molar-refractivity contribution in [1.82, 2.24) is 10.0 Å². The van der Waals surface area contributed by atoms with Gasteiger partial charge in [0.1, 0.15) is 0 Å². The Kier molecular flexibility index (Phi) is 5.07. The summed E-state index contributed by atoms with van der Waals surface area (Å²) < 4.78 is 27.8. The standard InChI is InChI=1S/C16H26N2O2S/c1-5-17-9-15-8-16(13(4)6-11(15)2)21(19,20)18-10-14-7-12(14)3/h6,8,12,14,17-18H,5,7,9-10H2,1-4H3. The number of hydrogen-bond acceptors (Lipinski definition) is 3. The smallest absolute Gasteiger partial charge is 0.240 e. The molecule has 0 spiro atoms. The van der Waals surface area contributed by atoms with Gasteiger partial charge in [-0.05, 0) is 61.4 Å². The first-order valence-electron chi connectivity index (χ1n) is 7.65. The molecule has 0 amide bonds. The quantitative estimate of drug-likeness (QED) is 0.813. The molecule has 0 saturated heterocycles. The molecular formula is C16H26N2O2S. The van der Waals surface area contributed by atoms with Gasteiger partial charge in [0.05, 0.1) is 4.90 Å². The average Bonchev–Trinajstić information content (AvgIpc) is 3.11. The molecule has 1 saturated carbocycles. The molecule has 5 heteroatoms. The van der Waals surface area contributed by atoms with E-state index in [0.717, 1.165) is 29.7 Å². The van der Waals surface area contributed by atoms with Gasteiger partial charge in [0.25, 0.3) is 0 Å². The third-order valence-corrected chi connectivity index (χ3v) is 5.87. The lowest BCUT2D eigenvalue weighted by molar-refractivity contribution is 0.573. The maximum Gasteiger partial charge on any atom is 0.240 e. The molecule has 0 heterocycles. The lowest BCUT2D eigenvalue weighted by atomic mass is 10.1. The lowest BCUT2D eigenvalue weighted by Crippen LogP contribution is -2.27. The summed E-state index contributed by atoms with van der Waals surface area (Å²) in [4.78, 5) is 0.411. The second-order valence-electron chi connectivity index (χ2n) is 6.15. The van der Waals surface area contributed by atoms with Crippen LogP contribution in [-0.2, 0) is 16.6 Å². The molecule has 2 N–H and O–H groups in total. The van der Waals surface area contributed by atoms with Crippen molar-refractivity contribution in [3.05, 3.63) is 28.8 Å². The first-order valence-corrected chi connectivity index (χ1v) is 9.14. The van der Waals surface area contributed by atoms with Crippen molar-refractivity contribution >= 4 is 10.0 Å². The van der Waals surface area contributed by atoms with E-state index >= 15 is 0 Å². The van der Waals surface area contributed by atoms with Crippen LogP contribution in [0.3, 0.4) is 0 Å². The Bertz CT molecular complexity index is 611. The number of nitrogens with one attached hydrogen (secondary N) is 2. The third-order valence-electron chi connectivity index (χ3n) is 4.30. The minimum atomic E-state index is -3.41. The fraction of sp³-hybridized carbons (Fsp3) is 0.625. The summed E-state index contributed by atoms with van der Waals surface area (Å²) in [6.07, 6.45) is 1.13. The average molecular weight is 310 g/mol. The molecule has 0 radical (unpaired) electrons. The van der Waals surface area contributed by atoms with Crippen LogP contribution in [-0.4, -0.2) is 21.5 Å². The van der Waals surface area contributed by atoms with E-state index in [1.807, 2.05) is 32.9 Å². The van der Waals surface area contributed by atoms with E-state index in [-0.39, 0.29) is 0 Å². The van der Waals surface area contributed by atoms with E-state index < -0.39 is 10.0 Å². The monoisotopic (exact) mass is 310 g/mol. The summed E-state index contributed by atoms with van der Waals surface area (Å²) >= 11 is 0. The van der Waals surface area contributed by atoms with Crippen LogP contribution in [0, 0.1) is 25.7 Å². The highest BCUT2D eigenvalue weighted by atomic mass is 32.2. The van der Waals surface area contributed by atoms with Crippen molar-refractivity contribution in [2.45, 2.75) is 45.6 Å². The van der Waals surface area contributed by atoms with Gasteiger partial charge in [-0.25, -0.2) is 13.1 Å². The van der Waals surface area contributed by atoms with Crippen LogP contribution < -0.4 is 10.0 Å². The normalized spacial score (nSPS) is 21.5. The van der Waals surface area contributed by atoms with Crippen LogP contribution in [0.5, 0.6) is 0 Å². The highest BCUT2D eigenvalue weighted by Gasteiger charge is 2.33. The summed E-state index contributed by atoms with van der Waals surface area (Å²) in [7, 11) is -3.41. The molecule has 1 aliphatic rings. The molecule has 21 heavy (non-hydrogen) atoms. The fourth-order valence-electron chi connectivity index (χ4n) is 2.59. The maximum absolute atomic E-state index is 12.5. The van der Waals surface area contributed by atoms with Gasteiger partial charge in [-0.3, -0.25) is 0 Å². The van der Waals surface area contributed by atoms with Crippen molar-refractivity contribution in [3.8, 4) is 0 Å². The molecule has 2 unspecified atom stereocenters. The van der Waals surface area contributed by atoms with Gasteiger partial charge in [-0.15, -0.1) is 0 Å². The minimum Gasteiger partial charge on any atom is -0.313 e. The third kappa shape index (κ3) is 4.05. The van der Waals surface area contributed by atoms with Crippen LogP contribution in [0.2, 0.25) is 0 Å². The summed E-state index contributed by atoms with van der Waals surface area (Å²) in [5.41, 5.74) is 2.98. The predicted molar refractivity (Wildman–Crippen MR) is 85.8 cm³/mol. The van der Waals surface area contributed by atoms with Crippen LogP contribution in [0.15, 0.2) is 17.0 Å². The highest BCUT2D eigenvalue weighted by Crippen LogP contribution is 2.37. The Morgan fingerprint density at radius 3 is 2.48 bits per heavy atom. The van der Waals surface area contributed by atoms with Crippen LogP contribution in [0.25, 0.3) is 0 Å². The molecule has 0 bridgehead atoms. The SMILES string of the molecule is CCNCc1cc(S(=O)(=O)NCC2CC2C)c(C)cc1C. The van der Waals surface area contributed by atoms with Gasteiger partial charge >= 0.3 is 0 Å². The number of benzene rings is 1. The molecule has 4 nitrogen and oxygen atoms in total. The number of rotatable bonds is 7. The second-order valence-corrected chi connectivity index (χ2v) is 7.88. The molecule has 1 aromatic rings. The van der Waals surface area contributed by atoms with Gasteiger partial charge in [-0.2, -0.15) is 0 Å². The number of sulfonamides is 1. The van der Waals surface area contributed by atoms with E-state index in [2.05, 4.69) is 17.0 Å². The Labute approximate surface area is 128 Å². The van der Waals surface area contributed by atoms with Gasteiger partial charge in [-0.1, -0.05) is 19.9 Å². The van der Waals surface area contributed by atoms with Crippen molar-refractivity contribution in [3.63, 3.8) is 0 Å². The molecule has 2 rings (SSSR count). The van der Waals surface area contributed by atoms with Crippen molar-refractivity contribution in [1.29, 1.82) is 0 Å². The van der Waals surface area contributed by atoms with E-state index in [1.165, 1.54) is 0 Å². The summed E-state index contributed by atoms with van der Waals surface area (Å²) in [5.74, 6) is 1.16. The van der Waals surface area contributed by atoms with Gasteiger partial charge in [0.15, 0.2) is 0 Å². The van der Waals surface area contributed by atoms with Crippen molar-refractivity contribution < 1.29 is 8.42 Å². The Hall–Kier alpha value is -0.910.